The first kappa shape index (κ1) is 15.3. The standard InChI is InChI=1S/C18H21N3O3/c1-10(2)20-7-11-5-13-9-21(15-3-4-16(22)19-17(15)23)18(24)14(13)6-12(11)8-20/h5-6,10,15H,3-4,7-9H2,1-2H3,(H,19,22,23)/t15-/m1/s1. The number of fused-ring (bicyclic) bond motifs is 2. The van der Waals surface area contributed by atoms with Crippen LogP contribution in [-0.2, 0) is 29.2 Å². The van der Waals surface area contributed by atoms with Crippen molar-refractivity contribution in [3.8, 4) is 0 Å². The molecule has 4 rings (SSSR count). The number of hydrogen-bond donors (Lipinski definition) is 1. The van der Waals surface area contributed by atoms with E-state index in [1.807, 2.05) is 6.07 Å². The fraction of sp³-hybridized carbons (Fsp3) is 0.500. The summed E-state index contributed by atoms with van der Waals surface area (Å²) in [5.74, 6) is -0.704. The van der Waals surface area contributed by atoms with Gasteiger partial charge in [-0.3, -0.25) is 24.6 Å². The maximum atomic E-state index is 12.8. The zero-order chi connectivity index (χ0) is 17.0. The molecule has 1 atom stereocenters. The summed E-state index contributed by atoms with van der Waals surface area (Å²) in [6, 6.07) is 4.06. The van der Waals surface area contributed by atoms with Gasteiger partial charge in [0.1, 0.15) is 6.04 Å². The second-order valence-corrected chi connectivity index (χ2v) is 7.18. The summed E-state index contributed by atoms with van der Waals surface area (Å²) in [7, 11) is 0. The fourth-order valence-electron chi connectivity index (χ4n) is 3.86. The summed E-state index contributed by atoms with van der Waals surface area (Å²) in [5.41, 5.74) is 4.19. The molecule has 0 unspecified atom stereocenters. The van der Waals surface area contributed by atoms with Crippen molar-refractivity contribution in [2.75, 3.05) is 0 Å². The van der Waals surface area contributed by atoms with Crippen LogP contribution >= 0.6 is 0 Å². The first-order valence-electron chi connectivity index (χ1n) is 8.47. The number of amides is 3. The van der Waals surface area contributed by atoms with Crippen molar-refractivity contribution in [1.82, 2.24) is 15.1 Å². The van der Waals surface area contributed by atoms with Crippen LogP contribution in [0.15, 0.2) is 12.1 Å². The number of rotatable bonds is 2. The average Bonchev–Trinajstić information content (AvgIpc) is 3.07. The van der Waals surface area contributed by atoms with Gasteiger partial charge in [0.25, 0.3) is 5.91 Å². The van der Waals surface area contributed by atoms with E-state index < -0.39 is 6.04 Å². The van der Waals surface area contributed by atoms with Gasteiger partial charge >= 0.3 is 0 Å². The molecule has 0 aromatic heterocycles. The Balaban J connectivity index is 1.59. The van der Waals surface area contributed by atoms with Gasteiger partial charge in [-0.05, 0) is 43.0 Å². The van der Waals surface area contributed by atoms with Gasteiger partial charge in [0, 0.05) is 37.7 Å². The zero-order valence-electron chi connectivity index (χ0n) is 14.0. The molecule has 0 spiro atoms. The molecule has 1 aromatic carbocycles. The topological polar surface area (TPSA) is 69.7 Å². The number of nitrogens with one attached hydrogen (secondary N) is 1. The minimum Gasteiger partial charge on any atom is -0.322 e. The quantitative estimate of drug-likeness (QED) is 0.828. The summed E-state index contributed by atoms with van der Waals surface area (Å²) in [6.45, 7) is 6.58. The number of benzene rings is 1. The van der Waals surface area contributed by atoms with Crippen LogP contribution in [-0.4, -0.2) is 39.6 Å². The van der Waals surface area contributed by atoms with E-state index in [0.717, 1.165) is 18.7 Å². The molecule has 1 saturated heterocycles. The van der Waals surface area contributed by atoms with Crippen molar-refractivity contribution in [2.45, 2.75) is 58.4 Å². The van der Waals surface area contributed by atoms with Crippen LogP contribution in [0.4, 0.5) is 0 Å². The molecule has 0 radical (unpaired) electrons. The van der Waals surface area contributed by atoms with Gasteiger partial charge in [-0.2, -0.15) is 0 Å². The van der Waals surface area contributed by atoms with E-state index in [-0.39, 0.29) is 24.1 Å². The van der Waals surface area contributed by atoms with E-state index in [1.54, 1.807) is 4.90 Å². The summed E-state index contributed by atoms with van der Waals surface area (Å²) in [6.07, 6.45) is 0.696. The van der Waals surface area contributed by atoms with E-state index in [1.165, 1.54) is 11.1 Å². The van der Waals surface area contributed by atoms with Gasteiger partial charge in [-0.15, -0.1) is 0 Å². The van der Waals surface area contributed by atoms with E-state index in [0.29, 0.717) is 24.6 Å². The van der Waals surface area contributed by atoms with Crippen molar-refractivity contribution in [3.05, 3.63) is 34.4 Å². The average molecular weight is 327 g/mol. The second-order valence-electron chi connectivity index (χ2n) is 7.18. The Hall–Kier alpha value is -2.21. The SMILES string of the molecule is CC(C)N1Cc2cc3c(cc2C1)C(=O)N([C@@H]1CCC(=O)NC1=O)C3. The molecule has 3 heterocycles. The van der Waals surface area contributed by atoms with Crippen LogP contribution in [0.1, 0.15) is 53.7 Å². The molecule has 24 heavy (non-hydrogen) atoms. The van der Waals surface area contributed by atoms with E-state index in [9.17, 15) is 14.4 Å². The highest BCUT2D eigenvalue weighted by Crippen LogP contribution is 2.33. The molecule has 3 aliphatic heterocycles. The molecule has 1 N–H and O–H groups in total. The van der Waals surface area contributed by atoms with Crippen molar-refractivity contribution in [1.29, 1.82) is 0 Å². The number of carbonyl (C=O) groups excluding carboxylic acids is 3. The Morgan fingerprint density at radius 2 is 1.75 bits per heavy atom. The number of imide groups is 1. The molecule has 6 heteroatoms. The van der Waals surface area contributed by atoms with Crippen LogP contribution in [0.25, 0.3) is 0 Å². The monoisotopic (exact) mass is 327 g/mol. The van der Waals surface area contributed by atoms with Gasteiger partial charge in [0.2, 0.25) is 11.8 Å². The van der Waals surface area contributed by atoms with Crippen LogP contribution in [0.5, 0.6) is 0 Å². The third-order valence-corrected chi connectivity index (χ3v) is 5.32. The van der Waals surface area contributed by atoms with Crippen molar-refractivity contribution in [2.24, 2.45) is 0 Å². The molecular weight excluding hydrogens is 306 g/mol. The Morgan fingerprint density at radius 1 is 1.04 bits per heavy atom. The summed E-state index contributed by atoms with van der Waals surface area (Å²) in [4.78, 5) is 40.2. The van der Waals surface area contributed by atoms with E-state index >= 15 is 0 Å². The maximum absolute atomic E-state index is 12.8. The highest BCUT2D eigenvalue weighted by molar-refractivity contribution is 6.05. The van der Waals surface area contributed by atoms with Crippen LogP contribution in [0, 0.1) is 0 Å². The molecule has 126 valence electrons. The Labute approximate surface area is 140 Å². The lowest BCUT2D eigenvalue weighted by Gasteiger charge is -2.29. The van der Waals surface area contributed by atoms with Crippen LogP contribution < -0.4 is 5.32 Å². The van der Waals surface area contributed by atoms with Crippen LogP contribution in [0.3, 0.4) is 0 Å². The lowest BCUT2D eigenvalue weighted by Crippen LogP contribution is -2.52. The maximum Gasteiger partial charge on any atom is 0.255 e. The molecule has 3 aliphatic rings. The number of carbonyl (C=O) groups is 3. The van der Waals surface area contributed by atoms with Gasteiger partial charge in [0.05, 0.1) is 0 Å². The highest BCUT2D eigenvalue weighted by atomic mass is 16.2. The molecular formula is C18H21N3O3. The predicted molar refractivity (Wildman–Crippen MR) is 86.9 cm³/mol. The molecule has 0 bridgehead atoms. The fourth-order valence-corrected chi connectivity index (χ4v) is 3.86. The third kappa shape index (κ3) is 2.33. The van der Waals surface area contributed by atoms with E-state index in [2.05, 4.69) is 30.1 Å². The Bertz CT molecular complexity index is 756. The summed E-state index contributed by atoms with van der Waals surface area (Å²) >= 11 is 0. The Kier molecular flexibility index (Phi) is 3.46. The zero-order valence-corrected chi connectivity index (χ0v) is 14.0. The largest absolute Gasteiger partial charge is 0.322 e. The van der Waals surface area contributed by atoms with Gasteiger partial charge in [0.15, 0.2) is 0 Å². The number of piperidine rings is 1. The molecule has 3 amide bonds. The van der Waals surface area contributed by atoms with E-state index in [4.69, 9.17) is 0 Å². The van der Waals surface area contributed by atoms with Gasteiger partial charge in [-0.25, -0.2) is 0 Å². The first-order valence-corrected chi connectivity index (χ1v) is 8.47. The Morgan fingerprint density at radius 3 is 2.42 bits per heavy atom. The minimum atomic E-state index is -0.537. The molecule has 1 fully saturated rings. The molecule has 0 aliphatic carbocycles. The lowest BCUT2D eigenvalue weighted by atomic mass is 10.0. The molecule has 1 aromatic rings. The number of hydrogen-bond acceptors (Lipinski definition) is 4. The van der Waals surface area contributed by atoms with Crippen LogP contribution in [0.2, 0.25) is 0 Å². The van der Waals surface area contributed by atoms with Crippen molar-refractivity contribution in [3.63, 3.8) is 0 Å². The number of nitrogens with zero attached hydrogens (tertiary/aromatic N) is 2. The smallest absolute Gasteiger partial charge is 0.255 e. The van der Waals surface area contributed by atoms with Gasteiger partial charge in [-0.1, -0.05) is 6.07 Å². The van der Waals surface area contributed by atoms with Gasteiger partial charge < -0.3 is 4.90 Å². The summed E-state index contributed by atoms with van der Waals surface area (Å²) < 4.78 is 0. The van der Waals surface area contributed by atoms with Crippen molar-refractivity contribution >= 4 is 17.7 Å². The lowest BCUT2D eigenvalue weighted by molar-refractivity contribution is -0.136. The van der Waals surface area contributed by atoms with Crippen molar-refractivity contribution < 1.29 is 14.4 Å². The normalized spacial score (nSPS) is 23.7. The summed E-state index contributed by atoms with van der Waals surface area (Å²) in [5, 5.41) is 2.34. The predicted octanol–water partition coefficient (Wildman–Crippen LogP) is 1.17. The second kappa shape index (κ2) is 5.41. The molecule has 6 nitrogen and oxygen atoms in total. The molecule has 0 saturated carbocycles. The first-order chi connectivity index (χ1) is 11.4. The minimum absolute atomic E-state index is 0.0923. The third-order valence-electron chi connectivity index (χ3n) is 5.32. The highest BCUT2D eigenvalue weighted by Gasteiger charge is 2.40.